The molecule has 0 bridgehead atoms. The summed E-state index contributed by atoms with van der Waals surface area (Å²) in [7, 11) is 0. The highest BCUT2D eigenvalue weighted by Gasteiger charge is 2.30. The van der Waals surface area contributed by atoms with Crippen LogP contribution in [0, 0.1) is 5.82 Å². The average molecular weight is 265 g/mol. The predicted octanol–water partition coefficient (Wildman–Crippen LogP) is 2.21. The molecule has 0 radical (unpaired) electrons. The van der Waals surface area contributed by atoms with Gasteiger partial charge in [0.05, 0.1) is 19.3 Å². The van der Waals surface area contributed by atoms with E-state index in [2.05, 4.69) is 4.90 Å². The van der Waals surface area contributed by atoms with Gasteiger partial charge in [-0.1, -0.05) is 12.1 Å². The second kappa shape index (κ2) is 5.99. The average Bonchev–Trinajstić information content (AvgIpc) is 3.09. The zero-order valence-electron chi connectivity index (χ0n) is 11.1. The highest BCUT2D eigenvalue weighted by Crippen LogP contribution is 2.21. The molecule has 19 heavy (non-hydrogen) atoms. The molecule has 0 aliphatic carbocycles. The van der Waals surface area contributed by atoms with E-state index in [0.717, 1.165) is 44.7 Å². The van der Waals surface area contributed by atoms with Gasteiger partial charge in [-0.05, 0) is 30.5 Å². The van der Waals surface area contributed by atoms with Crippen molar-refractivity contribution >= 4 is 0 Å². The van der Waals surface area contributed by atoms with Gasteiger partial charge in [-0.3, -0.25) is 4.90 Å². The Morgan fingerprint density at radius 1 is 1.26 bits per heavy atom. The third-order valence-electron chi connectivity index (χ3n) is 4.00. The lowest BCUT2D eigenvalue weighted by Gasteiger charge is -2.22. The molecule has 1 unspecified atom stereocenters. The summed E-state index contributed by atoms with van der Waals surface area (Å²) in [4.78, 5) is 2.47. The van der Waals surface area contributed by atoms with E-state index in [4.69, 9.17) is 9.47 Å². The first-order chi connectivity index (χ1) is 9.31. The van der Waals surface area contributed by atoms with Gasteiger partial charge in [0.1, 0.15) is 5.82 Å². The molecule has 0 spiro atoms. The summed E-state index contributed by atoms with van der Waals surface area (Å²) in [6, 6.07) is 7.12. The zero-order chi connectivity index (χ0) is 13.1. The Kier molecular flexibility index (Phi) is 4.11. The highest BCUT2D eigenvalue weighted by molar-refractivity contribution is 5.15. The van der Waals surface area contributed by atoms with Crippen LogP contribution in [-0.4, -0.2) is 43.3 Å². The number of nitrogens with zero attached hydrogens (tertiary/aromatic N) is 1. The first-order valence-electron chi connectivity index (χ1n) is 6.99. The number of likely N-dealkylation sites (tertiary alicyclic amines) is 1. The van der Waals surface area contributed by atoms with E-state index in [-0.39, 0.29) is 5.82 Å². The summed E-state index contributed by atoms with van der Waals surface area (Å²) in [5, 5.41) is 0. The molecule has 1 aromatic rings. The van der Waals surface area contributed by atoms with E-state index in [1.807, 2.05) is 0 Å². The minimum atomic E-state index is -0.197. The van der Waals surface area contributed by atoms with Gasteiger partial charge in [0.15, 0.2) is 0 Å². The quantitative estimate of drug-likeness (QED) is 0.833. The summed E-state index contributed by atoms with van der Waals surface area (Å²) in [5.41, 5.74) is 1.03. The van der Waals surface area contributed by atoms with E-state index in [1.54, 1.807) is 12.1 Å². The van der Waals surface area contributed by atoms with Crippen molar-refractivity contribution in [3.05, 3.63) is 35.6 Å². The summed E-state index contributed by atoms with van der Waals surface area (Å²) >= 11 is 0. The van der Waals surface area contributed by atoms with Crippen molar-refractivity contribution in [2.24, 2.45) is 0 Å². The minimum Gasteiger partial charge on any atom is -0.380 e. The molecule has 0 amide bonds. The summed E-state index contributed by atoms with van der Waals surface area (Å²) < 4.78 is 24.1. The second-order valence-corrected chi connectivity index (χ2v) is 5.36. The molecule has 2 aliphatic heterocycles. The van der Waals surface area contributed by atoms with Gasteiger partial charge >= 0.3 is 0 Å². The molecule has 0 aromatic heterocycles. The number of benzene rings is 1. The van der Waals surface area contributed by atoms with Crippen molar-refractivity contribution in [3.63, 3.8) is 0 Å². The van der Waals surface area contributed by atoms with Crippen LogP contribution in [0.3, 0.4) is 0 Å². The first kappa shape index (κ1) is 13.0. The summed E-state index contributed by atoms with van der Waals surface area (Å²) in [6.45, 7) is 4.42. The molecule has 0 N–H and O–H groups in total. The number of hydrogen-bond donors (Lipinski definition) is 0. The first-order valence-corrected chi connectivity index (χ1v) is 6.99. The van der Waals surface area contributed by atoms with E-state index in [1.165, 1.54) is 12.1 Å². The van der Waals surface area contributed by atoms with Gasteiger partial charge in [0.25, 0.3) is 0 Å². The third-order valence-corrected chi connectivity index (χ3v) is 4.00. The monoisotopic (exact) mass is 265 g/mol. The van der Waals surface area contributed by atoms with Crippen LogP contribution in [0.15, 0.2) is 24.3 Å². The minimum absolute atomic E-state index is 0.197. The van der Waals surface area contributed by atoms with Crippen LogP contribution in [0.25, 0.3) is 0 Å². The zero-order valence-corrected chi connectivity index (χ0v) is 11.1. The molecule has 2 atom stereocenters. The van der Waals surface area contributed by atoms with E-state index in [9.17, 15) is 4.39 Å². The van der Waals surface area contributed by atoms with Gasteiger partial charge in [-0.25, -0.2) is 4.39 Å². The van der Waals surface area contributed by atoms with Crippen LogP contribution in [0.2, 0.25) is 0 Å². The molecule has 3 nitrogen and oxygen atoms in total. The number of halogens is 1. The lowest BCUT2D eigenvalue weighted by atomic mass is 10.2. The van der Waals surface area contributed by atoms with Gasteiger partial charge in [-0.2, -0.15) is 0 Å². The Morgan fingerprint density at radius 3 is 2.84 bits per heavy atom. The molecule has 2 saturated heterocycles. The second-order valence-electron chi connectivity index (χ2n) is 5.36. The maximum atomic E-state index is 12.8. The molecule has 2 aliphatic rings. The van der Waals surface area contributed by atoms with Crippen molar-refractivity contribution in [2.45, 2.75) is 31.6 Å². The smallest absolute Gasteiger partial charge is 0.123 e. The Hall–Kier alpha value is -0.970. The van der Waals surface area contributed by atoms with Crippen LogP contribution in [0.1, 0.15) is 18.4 Å². The number of hydrogen-bond acceptors (Lipinski definition) is 3. The van der Waals surface area contributed by atoms with Gasteiger partial charge < -0.3 is 9.47 Å². The Balaban J connectivity index is 1.45. The lowest BCUT2D eigenvalue weighted by Crippen LogP contribution is -2.34. The molecule has 0 saturated carbocycles. The molecule has 4 heteroatoms. The van der Waals surface area contributed by atoms with Gasteiger partial charge in [-0.15, -0.1) is 0 Å². The van der Waals surface area contributed by atoms with Gasteiger partial charge in [0, 0.05) is 25.7 Å². The van der Waals surface area contributed by atoms with Crippen molar-refractivity contribution < 1.29 is 13.9 Å². The van der Waals surface area contributed by atoms with Crippen LogP contribution < -0.4 is 0 Å². The van der Waals surface area contributed by atoms with Crippen molar-refractivity contribution in [2.75, 3.05) is 26.3 Å². The highest BCUT2D eigenvalue weighted by atomic mass is 19.1. The fourth-order valence-electron chi connectivity index (χ4n) is 2.83. The Bertz CT molecular complexity index is 403. The van der Waals surface area contributed by atoms with Crippen molar-refractivity contribution in [1.29, 1.82) is 0 Å². The van der Waals surface area contributed by atoms with E-state index >= 15 is 0 Å². The number of rotatable bonds is 4. The SMILES string of the molecule is Fc1ccc(CO[C@@H]2CCN(C3CCOC3)C2)cc1. The van der Waals surface area contributed by atoms with Crippen molar-refractivity contribution in [3.8, 4) is 0 Å². The molecule has 2 fully saturated rings. The van der Waals surface area contributed by atoms with Crippen LogP contribution in [0.5, 0.6) is 0 Å². The van der Waals surface area contributed by atoms with Crippen LogP contribution in [-0.2, 0) is 16.1 Å². The molecule has 2 heterocycles. The largest absolute Gasteiger partial charge is 0.380 e. The fraction of sp³-hybridized carbons (Fsp3) is 0.600. The van der Waals surface area contributed by atoms with Crippen LogP contribution in [0.4, 0.5) is 4.39 Å². The van der Waals surface area contributed by atoms with E-state index in [0.29, 0.717) is 18.8 Å². The molecule has 3 rings (SSSR count). The maximum Gasteiger partial charge on any atom is 0.123 e. The topological polar surface area (TPSA) is 21.7 Å². The van der Waals surface area contributed by atoms with Gasteiger partial charge in [0.2, 0.25) is 0 Å². The molecule has 1 aromatic carbocycles. The predicted molar refractivity (Wildman–Crippen MR) is 70.4 cm³/mol. The third kappa shape index (κ3) is 3.32. The van der Waals surface area contributed by atoms with Crippen molar-refractivity contribution in [1.82, 2.24) is 4.90 Å². The molecular weight excluding hydrogens is 245 g/mol. The standard InChI is InChI=1S/C15H20FNO2/c16-13-3-1-12(2-4-13)10-19-15-5-7-17(9-15)14-6-8-18-11-14/h1-4,14-15H,5-11H2/t14?,15-/m1/s1. The van der Waals surface area contributed by atoms with E-state index < -0.39 is 0 Å². The number of ether oxygens (including phenoxy) is 2. The molecule has 104 valence electrons. The normalized spacial score (nSPS) is 28.1. The summed E-state index contributed by atoms with van der Waals surface area (Å²) in [5.74, 6) is -0.197. The molecular formula is C15H20FNO2. The Morgan fingerprint density at radius 2 is 2.11 bits per heavy atom. The fourth-order valence-corrected chi connectivity index (χ4v) is 2.83. The van der Waals surface area contributed by atoms with Crippen LogP contribution >= 0.6 is 0 Å². The maximum absolute atomic E-state index is 12.8. The summed E-state index contributed by atoms with van der Waals surface area (Å²) in [6.07, 6.45) is 2.52. The Labute approximate surface area is 113 Å². The lowest BCUT2D eigenvalue weighted by molar-refractivity contribution is 0.0423.